The first kappa shape index (κ1) is 65.7. The largest absolute Gasteiger partial charge is 0.457 e. The Bertz CT molecular complexity index is 5340. The van der Waals surface area contributed by atoms with Crippen LogP contribution in [0.15, 0.2) is 304 Å². The fourth-order valence-corrected chi connectivity index (χ4v) is 14.9. The van der Waals surface area contributed by atoms with Crippen molar-refractivity contribution in [1.29, 1.82) is 0 Å². The van der Waals surface area contributed by atoms with E-state index in [4.69, 9.17) is 9.47 Å². The summed E-state index contributed by atoms with van der Waals surface area (Å²) in [6, 6.07) is 79.4. The van der Waals surface area contributed by atoms with Crippen LogP contribution in [0.4, 0.5) is 78.0 Å². The zero-order valence-electron chi connectivity index (χ0n) is 54.8. The highest BCUT2D eigenvalue weighted by atomic mass is 19.2. The van der Waals surface area contributed by atoms with Gasteiger partial charge in [0.05, 0.1) is 10.8 Å². The minimum atomic E-state index is -1.96. The van der Waals surface area contributed by atoms with Crippen LogP contribution in [0.5, 0.6) is 23.0 Å². The number of benzene rings is 14. The van der Waals surface area contributed by atoms with Gasteiger partial charge >= 0.3 is 0 Å². The molecule has 14 heteroatoms. The number of ether oxygens (including phenoxy) is 2. The normalized spacial score (nSPS) is 14.6. The van der Waals surface area contributed by atoms with Gasteiger partial charge in [-0.1, -0.05) is 159 Å². The topological polar surface area (TPSA) is 24.9 Å². The Hall–Kier alpha value is -12.9. The Morgan fingerprint density at radius 1 is 0.269 bits per heavy atom. The Morgan fingerprint density at radius 2 is 0.567 bits per heavy atom. The van der Waals surface area contributed by atoms with E-state index in [1.54, 1.807) is 182 Å². The van der Waals surface area contributed by atoms with Crippen molar-refractivity contribution in [2.75, 3.05) is 9.80 Å². The van der Waals surface area contributed by atoms with Crippen LogP contribution in [-0.2, 0) is 10.8 Å². The molecule has 2 aliphatic rings. The molecule has 0 aromatic heterocycles. The molecule has 4 nitrogen and oxygen atoms in total. The number of fused-ring (bicyclic) bond motifs is 6. The Morgan fingerprint density at radius 3 is 0.904 bits per heavy atom. The van der Waals surface area contributed by atoms with Crippen LogP contribution in [0, 0.1) is 58.2 Å². The summed E-state index contributed by atoms with van der Waals surface area (Å²) in [5.41, 5.74) is 5.05. The maximum atomic E-state index is 17.1. The molecule has 2 aliphatic carbocycles. The highest BCUT2D eigenvalue weighted by molar-refractivity contribution is 5.92. The van der Waals surface area contributed by atoms with E-state index < -0.39 is 80.1 Å². The summed E-state index contributed by atoms with van der Waals surface area (Å²) in [6.07, 6.45) is 3.39. The molecule has 104 heavy (non-hydrogen) atoms. The molecule has 2 unspecified atom stereocenters. The van der Waals surface area contributed by atoms with Gasteiger partial charge in [-0.3, -0.25) is 0 Å². The van der Waals surface area contributed by atoms with Crippen molar-refractivity contribution < 1.29 is 53.4 Å². The SMILES string of the molecule is C=Cc1ccc(Oc2ccc(C3(c4c(F)cc(F)c(F)c4F)c4ccccc4-c4ccc(N(c5ccc(F)cc5)c5ccc(-c6ccc(N(c7ccc(F)cc7)c7ccc8c(c7)C(c7ccc(Oc9ccc(C=C)cc9)cc7)(c7c(F)cc(F)c(F)c7F)c7ccccc7-8)cc6)cc5)cc43)cc2)cc1. The summed E-state index contributed by atoms with van der Waals surface area (Å²) in [6.45, 7) is 7.62. The summed E-state index contributed by atoms with van der Waals surface area (Å²) in [7, 11) is 0. The van der Waals surface area contributed by atoms with E-state index in [1.807, 2.05) is 94.7 Å². The molecule has 2 atom stereocenters. The molecular formula is C90H54F10N2O2. The lowest BCUT2D eigenvalue weighted by Crippen LogP contribution is -2.32. The van der Waals surface area contributed by atoms with Crippen LogP contribution in [0.2, 0.25) is 0 Å². The fraction of sp³-hybridized carbons (Fsp3) is 0.0222. The van der Waals surface area contributed by atoms with Gasteiger partial charge in [-0.05, 0) is 223 Å². The second-order valence-electron chi connectivity index (χ2n) is 25.3. The number of halogens is 10. The molecule has 0 saturated heterocycles. The zero-order chi connectivity index (χ0) is 71.7. The minimum Gasteiger partial charge on any atom is -0.457 e. The molecule has 16 rings (SSSR count). The lowest BCUT2D eigenvalue weighted by Gasteiger charge is -2.35. The monoisotopic (exact) mass is 1380 g/mol. The van der Waals surface area contributed by atoms with Gasteiger partial charge in [0.1, 0.15) is 46.3 Å². The predicted molar refractivity (Wildman–Crippen MR) is 389 cm³/mol. The number of hydrogen-bond acceptors (Lipinski definition) is 4. The van der Waals surface area contributed by atoms with Crippen LogP contribution >= 0.6 is 0 Å². The second kappa shape index (κ2) is 26.2. The maximum absolute atomic E-state index is 17.1. The van der Waals surface area contributed by atoms with E-state index in [2.05, 4.69) is 13.2 Å². The summed E-state index contributed by atoms with van der Waals surface area (Å²) in [5.74, 6) is -12.5. The van der Waals surface area contributed by atoms with Gasteiger partial charge in [0.2, 0.25) is 0 Å². The van der Waals surface area contributed by atoms with Crippen LogP contribution in [0.3, 0.4) is 0 Å². The number of rotatable bonds is 17. The van der Waals surface area contributed by atoms with Crippen molar-refractivity contribution in [3.05, 3.63) is 418 Å². The standard InChI is InChI=1S/C90H54F10N2O2/c1-3-53-13-39-67(40-14-53)103-69-43-21-57(22-44-69)89(83-79(93)51-81(95)85(97)87(83)99)75-11-7-5-9-71(75)73-47-37-65(49-77(73)89)101(63-33-25-59(91)26-34-63)61-29-17-55(18-30-61)56-19-31-62(32-20-56)102(64-35-27-60(92)28-36-64)66-38-48-74-72-10-6-8-12-76(72)90(78(74)50-66,84-80(94)52-82(96)86(98)88(84)100)58-23-45-70(46-24-58)104-68-41-15-54(4-2)16-42-68/h3-52H,1-2H2. The van der Waals surface area contributed by atoms with Crippen molar-refractivity contribution in [1.82, 2.24) is 0 Å². The highest BCUT2D eigenvalue weighted by Gasteiger charge is 2.52. The van der Waals surface area contributed by atoms with Crippen molar-refractivity contribution in [3.63, 3.8) is 0 Å². The zero-order valence-corrected chi connectivity index (χ0v) is 54.8. The Kier molecular flexibility index (Phi) is 16.6. The average molecular weight is 1390 g/mol. The first-order valence-electron chi connectivity index (χ1n) is 33.0. The molecule has 14 aromatic carbocycles. The molecule has 0 spiro atoms. The summed E-state index contributed by atoms with van der Waals surface area (Å²) >= 11 is 0. The van der Waals surface area contributed by atoms with Crippen molar-refractivity contribution in [2.24, 2.45) is 0 Å². The minimum absolute atomic E-state index is 0.299. The quantitative estimate of drug-likeness (QED) is 0.0515. The van der Waals surface area contributed by atoms with E-state index in [0.717, 1.165) is 22.3 Å². The highest BCUT2D eigenvalue weighted by Crippen LogP contribution is 2.61. The molecule has 0 radical (unpaired) electrons. The first-order chi connectivity index (χ1) is 50.5. The number of hydrogen-bond donors (Lipinski definition) is 0. The molecule has 0 aliphatic heterocycles. The molecule has 14 aromatic rings. The van der Waals surface area contributed by atoms with Crippen LogP contribution in [-0.4, -0.2) is 0 Å². The van der Waals surface area contributed by atoms with Gasteiger partial charge < -0.3 is 19.3 Å². The average Bonchev–Trinajstić information content (AvgIpc) is 1.51. The number of nitrogens with zero attached hydrogens (tertiary/aromatic N) is 2. The van der Waals surface area contributed by atoms with Crippen molar-refractivity contribution >= 4 is 46.3 Å². The van der Waals surface area contributed by atoms with E-state index in [9.17, 15) is 8.78 Å². The van der Waals surface area contributed by atoms with Gasteiger partial charge in [0, 0.05) is 57.4 Å². The van der Waals surface area contributed by atoms with E-state index in [0.29, 0.717) is 125 Å². The van der Waals surface area contributed by atoms with Crippen LogP contribution < -0.4 is 19.3 Å². The first-order valence-corrected chi connectivity index (χ1v) is 33.0. The molecule has 0 saturated carbocycles. The van der Waals surface area contributed by atoms with Crippen molar-refractivity contribution in [3.8, 4) is 56.4 Å². The number of anilines is 6. The third-order valence-electron chi connectivity index (χ3n) is 19.6. The Labute approximate surface area is 591 Å². The van der Waals surface area contributed by atoms with Gasteiger partial charge in [-0.25, -0.2) is 43.9 Å². The smallest absolute Gasteiger partial charge is 0.194 e. The lowest BCUT2D eigenvalue weighted by molar-refractivity contribution is 0.416. The molecule has 0 heterocycles. The van der Waals surface area contributed by atoms with Crippen molar-refractivity contribution in [2.45, 2.75) is 10.8 Å². The van der Waals surface area contributed by atoms with Gasteiger partial charge in [0.25, 0.3) is 0 Å². The lowest BCUT2D eigenvalue weighted by atomic mass is 9.67. The molecule has 0 amide bonds. The van der Waals surface area contributed by atoms with E-state index in [-0.39, 0.29) is 0 Å². The van der Waals surface area contributed by atoms with Crippen LogP contribution in [0.25, 0.3) is 45.5 Å². The second-order valence-corrected chi connectivity index (χ2v) is 25.3. The van der Waals surface area contributed by atoms with Gasteiger partial charge in [-0.2, -0.15) is 0 Å². The molecular weight excluding hydrogens is 1330 g/mol. The fourth-order valence-electron chi connectivity index (χ4n) is 14.9. The summed E-state index contributed by atoms with van der Waals surface area (Å²) in [4.78, 5) is 3.67. The molecule has 506 valence electrons. The van der Waals surface area contributed by atoms with Crippen LogP contribution in [0.1, 0.15) is 55.6 Å². The summed E-state index contributed by atoms with van der Waals surface area (Å²) < 4.78 is 173. The van der Waals surface area contributed by atoms with Gasteiger partial charge in [0.15, 0.2) is 34.9 Å². The third-order valence-corrected chi connectivity index (χ3v) is 19.6. The predicted octanol–water partition coefficient (Wildman–Crippen LogP) is 25.3. The molecule has 0 N–H and O–H groups in total. The molecule has 0 bridgehead atoms. The maximum Gasteiger partial charge on any atom is 0.194 e. The van der Waals surface area contributed by atoms with E-state index >= 15 is 35.1 Å². The molecule has 0 fully saturated rings. The summed E-state index contributed by atoms with van der Waals surface area (Å²) in [5, 5.41) is 0. The third kappa shape index (κ3) is 11.0. The Balaban J connectivity index is 0.788. The van der Waals surface area contributed by atoms with Gasteiger partial charge in [-0.15, -0.1) is 0 Å². The van der Waals surface area contributed by atoms with E-state index in [1.165, 1.54) is 24.3 Å².